The van der Waals surface area contributed by atoms with Gasteiger partial charge < -0.3 is 20.6 Å². The largest absolute Gasteiger partial charge is 0.383 e. The number of hydrogen-bond donors (Lipinski definition) is 3. The van der Waals surface area contributed by atoms with Crippen molar-refractivity contribution in [1.29, 1.82) is 0 Å². The fourth-order valence-electron chi connectivity index (χ4n) is 4.16. The summed E-state index contributed by atoms with van der Waals surface area (Å²) in [6.07, 6.45) is 5.83. The maximum absolute atomic E-state index is 12.3. The van der Waals surface area contributed by atoms with Crippen molar-refractivity contribution in [2.75, 3.05) is 26.2 Å². The lowest BCUT2D eigenvalue weighted by molar-refractivity contribution is 0.0215. The molecular weight excluding hydrogens is 314 g/mol. The van der Waals surface area contributed by atoms with Crippen LogP contribution in [0, 0.1) is 0 Å². The summed E-state index contributed by atoms with van der Waals surface area (Å²) in [5.74, 6) is 0. The first kappa shape index (κ1) is 18.2. The molecule has 3 N–H and O–H groups in total. The van der Waals surface area contributed by atoms with Gasteiger partial charge in [0.2, 0.25) is 0 Å². The number of amides is 2. The lowest BCUT2D eigenvalue weighted by atomic mass is 9.79. The molecule has 5 nitrogen and oxygen atoms in total. The number of nitrogens with one attached hydrogen (secondary N) is 2. The fourth-order valence-corrected chi connectivity index (χ4v) is 4.16. The summed E-state index contributed by atoms with van der Waals surface area (Å²) in [6.45, 7) is 5.72. The van der Waals surface area contributed by atoms with Gasteiger partial charge in [-0.25, -0.2) is 4.79 Å². The van der Waals surface area contributed by atoms with Crippen LogP contribution in [0.1, 0.15) is 50.2 Å². The minimum Gasteiger partial charge on any atom is -0.383 e. The van der Waals surface area contributed by atoms with E-state index in [4.69, 9.17) is 0 Å². The predicted octanol–water partition coefficient (Wildman–Crippen LogP) is 2.38. The van der Waals surface area contributed by atoms with Crippen LogP contribution in [0.2, 0.25) is 0 Å². The van der Waals surface area contributed by atoms with E-state index in [-0.39, 0.29) is 18.6 Å². The fraction of sp³-hybridized carbons (Fsp3) is 0.650. The Balaban J connectivity index is 1.48. The summed E-state index contributed by atoms with van der Waals surface area (Å²) in [6, 6.07) is 8.10. The van der Waals surface area contributed by atoms with Crippen molar-refractivity contribution in [1.82, 2.24) is 15.5 Å². The van der Waals surface area contributed by atoms with Gasteiger partial charge in [0.25, 0.3) is 0 Å². The van der Waals surface area contributed by atoms with E-state index in [1.165, 1.54) is 12.0 Å². The smallest absolute Gasteiger partial charge is 0.315 e. The lowest BCUT2D eigenvalue weighted by Crippen LogP contribution is -2.51. The number of likely N-dealkylation sites (tertiary alicyclic amines) is 1. The molecule has 25 heavy (non-hydrogen) atoms. The lowest BCUT2D eigenvalue weighted by Gasteiger charge is -2.35. The van der Waals surface area contributed by atoms with Gasteiger partial charge in [-0.3, -0.25) is 0 Å². The second kappa shape index (κ2) is 8.19. The molecule has 1 unspecified atom stereocenters. The van der Waals surface area contributed by atoms with Crippen LogP contribution >= 0.6 is 0 Å². The molecule has 138 valence electrons. The number of aliphatic hydroxyl groups is 1. The molecule has 1 saturated heterocycles. The Morgan fingerprint density at radius 3 is 2.84 bits per heavy atom. The van der Waals surface area contributed by atoms with E-state index in [0.717, 1.165) is 50.9 Å². The highest BCUT2D eigenvalue weighted by atomic mass is 16.3. The van der Waals surface area contributed by atoms with E-state index >= 15 is 0 Å². The molecule has 1 aromatic carbocycles. The number of fused-ring (bicyclic) bond motifs is 1. The van der Waals surface area contributed by atoms with E-state index in [1.807, 2.05) is 18.2 Å². The van der Waals surface area contributed by atoms with Crippen molar-refractivity contribution in [2.24, 2.45) is 0 Å². The number of nitrogens with zero attached hydrogens (tertiary/aromatic N) is 1. The summed E-state index contributed by atoms with van der Waals surface area (Å²) in [7, 11) is 0. The molecule has 2 amide bonds. The molecule has 2 aliphatic rings. The molecule has 1 aliphatic heterocycles. The number of urea groups is 1. The summed E-state index contributed by atoms with van der Waals surface area (Å²) < 4.78 is 0. The van der Waals surface area contributed by atoms with Gasteiger partial charge in [-0.2, -0.15) is 0 Å². The van der Waals surface area contributed by atoms with Crippen molar-refractivity contribution in [3.05, 3.63) is 35.4 Å². The van der Waals surface area contributed by atoms with Crippen LogP contribution in [0.5, 0.6) is 0 Å². The Morgan fingerprint density at radius 2 is 2.08 bits per heavy atom. The normalized spacial score (nSPS) is 24.6. The number of piperidine rings is 1. The van der Waals surface area contributed by atoms with Crippen molar-refractivity contribution in [2.45, 2.75) is 57.1 Å². The molecule has 0 radical (unpaired) electrons. The predicted molar refractivity (Wildman–Crippen MR) is 99.6 cm³/mol. The van der Waals surface area contributed by atoms with Crippen LogP contribution in [0.15, 0.2) is 24.3 Å². The molecule has 0 aromatic heterocycles. The Morgan fingerprint density at radius 1 is 1.32 bits per heavy atom. The van der Waals surface area contributed by atoms with Crippen LogP contribution in [0.3, 0.4) is 0 Å². The molecule has 0 bridgehead atoms. The van der Waals surface area contributed by atoms with Gasteiger partial charge in [0.05, 0.1) is 6.54 Å². The van der Waals surface area contributed by atoms with Gasteiger partial charge in [-0.1, -0.05) is 31.2 Å². The van der Waals surface area contributed by atoms with Crippen LogP contribution in [0.25, 0.3) is 0 Å². The first-order chi connectivity index (χ1) is 12.1. The molecule has 1 aromatic rings. The zero-order valence-electron chi connectivity index (χ0n) is 15.3. The zero-order valence-corrected chi connectivity index (χ0v) is 15.3. The highest BCUT2D eigenvalue weighted by Gasteiger charge is 2.34. The van der Waals surface area contributed by atoms with Crippen LogP contribution in [-0.2, 0) is 12.0 Å². The molecule has 1 fully saturated rings. The van der Waals surface area contributed by atoms with Gasteiger partial charge in [0.1, 0.15) is 5.60 Å². The van der Waals surface area contributed by atoms with E-state index < -0.39 is 5.60 Å². The van der Waals surface area contributed by atoms with Crippen molar-refractivity contribution in [3.8, 4) is 0 Å². The summed E-state index contributed by atoms with van der Waals surface area (Å²) in [4.78, 5) is 14.7. The first-order valence-electron chi connectivity index (χ1n) is 9.68. The number of benzene rings is 1. The topological polar surface area (TPSA) is 64.6 Å². The van der Waals surface area contributed by atoms with Crippen LogP contribution in [-0.4, -0.2) is 48.3 Å². The molecule has 0 saturated carbocycles. The van der Waals surface area contributed by atoms with Crippen molar-refractivity contribution in [3.63, 3.8) is 0 Å². The number of aryl methyl sites for hydroxylation is 1. The molecule has 1 aliphatic carbocycles. The highest BCUT2D eigenvalue weighted by molar-refractivity contribution is 5.74. The standard InChI is InChI=1S/C20H31N3O2/c1-2-12-23-13-9-17(10-14-23)22-19(24)21-15-20(25)11-5-7-16-6-3-4-8-18(16)20/h3-4,6,8,17,25H,2,5,7,9-15H2,1H3,(H2,21,22,24). The Labute approximate surface area is 150 Å². The summed E-state index contributed by atoms with van der Waals surface area (Å²) in [5, 5.41) is 17.0. The minimum absolute atomic E-state index is 0.162. The third kappa shape index (κ3) is 4.53. The van der Waals surface area contributed by atoms with E-state index in [2.05, 4.69) is 28.5 Å². The number of carbonyl (C=O) groups is 1. The third-order valence-electron chi connectivity index (χ3n) is 5.56. The van der Waals surface area contributed by atoms with E-state index in [9.17, 15) is 9.90 Å². The van der Waals surface area contributed by atoms with Gasteiger partial charge in [-0.15, -0.1) is 0 Å². The van der Waals surface area contributed by atoms with Gasteiger partial charge in [0.15, 0.2) is 0 Å². The van der Waals surface area contributed by atoms with Crippen molar-refractivity contribution >= 4 is 6.03 Å². The summed E-state index contributed by atoms with van der Waals surface area (Å²) in [5.41, 5.74) is 1.22. The maximum Gasteiger partial charge on any atom is 0.315 e. The molecule has 1 atom stereocenters. The van der Waals surface area contributed by atoms with Crippen LogP contribution < -0.4 is 10.6 Å². The average Bonchev–Trinajstić information content (AvgIpc) is 2.63. The quantitative estimate of drug-likeness (QED) is 0.768. The molecule has 3 rings (SSSR count). The molecule has 0 spiro atoms. The number of rotatable bonds is 5. The van der Waals surface area contributed by atoms with E-state index in [0.29, 0.717) is 6.42 Å². The summed E-state index contributed by atoms with van der Waals surface area (Å²) >= 11 is 0. The monoisotopic (exact) mass is 345 g/mol. The zero-order chi connectivity index (χ0) is 17.7. The average molecular weight is 345 g/mol. The Hall–Kier alpha value is -1.59. The Kier molecular flexibility index (Phi) is 5.97. The Bertz CT molecular complexity index is 584. The number of hydrogen-bond acceptors (Lipinski definition) is 3. The SMILES string of the molecule is CCCN1CCC(NC(=O)NCC2(O)CCCc3ccccc32)CC1. The van der Waals surface area contributed by atoms with Gasteiger partial charge in [-0.05, 0) is 56.2 Å². The van der Waals surface area contributed by atoms with Gasteiger partial charge >= 0.3 is 6.03 Å². The molecular formula is C20H31N3O2. The van der Waals surface area contributed by atoms with Crippen molar-refractivity contribution < 1.29 is 9.90 Å². The molecule has 1 heterocycles. The van der Waals surface area contributed by atoms with Gasteiger partial charge in [0, 0.05) is 19.1 Å². The second-order valence-corrected chi connectivity index (χ2v) is 7.49. The van der Waals surface area contributed by atoms with Crippen LogP contribution in [0.4, 0.5) is 4.79 Å². The first-order valence-corrected chi connectivity index (χ1v) is 9.68. The third-order valence-corrected chi connectivity index (χ3v) is 5.56. The maximum atomic E-state index is 12.3. The second-order valence-electron chi connectivity index (χ2n) is 7.49. The molecule has 5 heteroatoms. The number of carbonyl (C=O) groups excluding carboxylic acids is 1. The highest BCUT2D eigenvalue weighted by Crippen LogP contribution is 2.34. The minimum atomic E-state index is -0.948. The van der Waals surface area contributed by atoms with E-state index in [1.54, 1.807) is 0 Å².